The molecule has 1 aromatic carbocycles. The van der Waals surface area contributed by atoms with E-state index >= 15 is 0 Å². The van der Waals surface area contributed by atoms with Crippen molar-refractivity contribution in [2.45, 2.75) is 29.7 Å². The fraction of sp³-hybridized carbons (Fsp3) is 0.286. The summed E-state index contributed by atoms with van der Waals surface area (Å²) in [5.41, 5.74) is 0. The molecule has 0 fully saturated rings. The number of anilines is 1. The minimum atomic E-state index is 0.745. The van der Waals surface area contributed by atoms with Crippen LogP contribution in [0, 0.1) is 0 Å². The monoisotopic (exact) mass is 293 g/mol. The highest BCUT2D eigenvalue weighted by atomic mass is 35.5. The third-order valence-electron chi connectivity index (χ3n) is 2.53. The Bertz CT molecular complexity index is 560. The number of halogens is 1. The molecule has 1 heterocycles. The fourth-order valence-corrected chi connectivity index (χ4v) is 2.74. The molecule has 2 rings (SSSR count). The summed E-state index contributed by atoms with van der Waals surface area (Å²) in [6, 6.07) is 9.72. The smallest absolute Gasteiger partial charge is 0.132 e. The molecule has 1 aromatic heterocycles. The molecule has 100 valence electrons. The van der Waals surface area contributed by atoms with Crippen molar-refractivity contribution in [2.24, 2.45) is 0 Å². The van der Waals surface area contributed by atoms with Crippen LogP contribution in [0.1, 0.15) is 19.2 Å². The molecule has 0 unspecified atom stereocenters. The van der Waals surface area contributed by atoms with Crippen molar-refractivity contribution in [1.82, 2.24) is 9.97 Å². The summed E-state index contributed by atoms with van der Waals surface area (Å²) in [5.74, 6) is 1.71. The van der Waals surface area contributed by atoms with Gasteiger partial charge in [-0.15, -0.1) is 0 Å². The molecule has 0 aliphatic heterocycles. The van der Waals surface area contributed by atoms with E-state index in [2.05, 4.69) is 22.2 Å². The number of hydrogen-bond acceptors (Lipinski definition) is 4. The average Bonchev–Trinajstić information content (AvgIpc) is 2.41. The summed E-state index contributed by atoms with van der Waals surface area (Å²) in [5, 5.41) is 4.73. The number of aromatic nitrogens is 2. The van der Waals surface area contributed by atoms with Crippen molar-refractivity contribution in [3.63, 3.8) is 0 Å². The van der Waals surface area contributed by atoms with Gasteiger partial charge in [-0.2, -0.15) is 0 Å². The second-order valence-corrected chi connectivity index (χ2v) is 5.51. The Morgan fingerprint density at radius 1 is 1.26 bits per heavy atom. The van der Waals surface area contributed by atoms with Gasteiger partial charge in [0.2, 0.25) is 0 Å². The molecular weight excluding hydrogens is 278 g/mol. The fourth-order valence-electron chi connectivity index (χ4n) is 1.63. The van der Waals surface area contributed by atoms with Gasteiger partial charge in [-0.3, -0.25) is 0 Å². The zero-order chi connectivity index (χ0) is 13.7. The van der Waals surface area contributed by atoms with Crippen LogP contribution >= 0.6 is 23.4 Å². The van der Waals surface area contributed by atoms with Crippen molar-refractivity contribution in [2.75, 3.05) is 12.4 Å². The van der Waals surface area contributed by atoms with Gasteiger partial charge < -0.3 is 5.32 Å². The molecule has 5 heteroatoms. The lowest BCUT2D eigenvalue weighted by Gasteiger charge is -2.07. The highest BCUT2D eigenvalue weighted by Crippen LogP contribution is 2.32. The molecule has 0 saturated heterocycles. The largest absolute Gasteiger partial charge is 0.373 e. The lowest BCUT2D eigenvalue weighted by molar-refractivity contribution is 0.811. The predicted octanol–water partition coefficient (Wildman–Crippen LogP) is 4.28. The van der Waals surface area contributed by atoms with E-state index in [1.165, 1.54) is 0 Å². The number of hydrogen-bond donors (Lipinski definition) is 1. The molecule has 3 nitrogen and oxygen atoms in total. The van der Waals surface area contributed by atoms with Gasteiger partial charge in [0.15, 0.2) is 0 Å². The van der Waals surface area contributed by atoms with Crippen LogP contribution in [0.15, 0.2) is 40.3 Å². The van der Waals surface area contributed by atoms with E-state index in [4.69, 9.17) is 11.6 Å². The van der Waals surface area contributed by atoms with Gasteiger partial charge >= 0.3 is 0 Å². The lowest BCUT2D eigenvalue weighted by atomic mass is 10.3. The van der Waals surface area contributed by atoms with E-state index in [9.17, 15) is 0 Å². The number of aryl methyl sites for hydroxylation is 1. The summed E-state index contributed by atoms with van der Waals surface area (Å²) in [6.45, 7) is 2.12. The molecule has 0 bridgehead atoms. The molecule has 0 aliphatic rings. The molecule has 0 saturated carbocycles. The van der Waals surface area contributed by atoms with Crippen LogP contribution in [-0.2, 0) is 6.42 Å². The quantitative estimate of drug-likeness (QED) is 0.835. The Balaban J connectivity index is 2.29. The first-order valence-electron chi connectivity index (χ1n) is 6.21. The first kappa shape index (κ1) is 14.2. The van der Waals surface area contributed by atoms with Crippen LogP contribution in [0.2, 0.25) is 5.02 Å². The predicted molar refractivity (Wildman–Crippen MR) is 81.1 cm³/mol. The molecular formula is C14H16ClN3S. The van der Waals surface area contributed by atoms with Crippen molar-refractivity contribution < 1.29 is 0 Å². The summed E-state index contributed by atoms with van der Waals surface area (Å²) < 4.78 is 0. The van der Waals surface area contributed by atoms with E-state index in [0.717, 1.165) is 39.4 Å². The van der Waals surface area contributed by atoms with E-state index in [1.807, 2.05) is 37.4 Å². The number of nitrogens with zero attached hydrogens (tertiary/aromatic N) is 2. The minimum absolute atomic E-state index is 0.745. The average molecular weight is 294 g/mol. The molecule has 0 amide bonds. The topological polar surface area (TPSA) is 37.8 Å². The number of benzene rings is 1. The van der Waals surface area contributed by atoms with Crippen molar-refractivity contribution in [1.29, 1.82) is 0 Å². The van der Waals surface area contributed by atoms with Crippen LogP contribution in [-0.4, -0.2) is 17.0 Å². The Morgan fingerprint density at radius 2 is 2.05 bits per heavy atom. The van der Waals surface area contributed by atoms with E-state index in [0.29, 0.717) is 0 Å². The summed E-state index contributed by atoms with van der Waals surface area (Å²) in [6.07, 6.45) is 1.91. The van der Waals surface area contributed by atoms with Gasteiger partial charge in [0.1, 0.15) is 16.7 Å². The van der Waals surface area contributed by atoms with Crippen LogP contribution in [0.5, 0.6) is 0 Å². The zero-order valence-electron chi connectivity index (χ0n) is 11.0. The summed E-state index contributed by atoms with van der Waals surface area (Å²) in [7, 11) is 1.86. The SMILES string of the molecule is CCCc1nc(NC)cc(Sc2ccccc2Cl)n1. The maximum atomic E-state index is 6.17. The zero-order valence-corrected chi connectivity index (χ0v) is 12.6. The Morgan fingerprint density at radius 3 is 2.74 bits per heavy atom. The van der Waals surface area contributed by atoms with E-state index in [1.54, 1.807) is 11.8 Å². The van der Waals surface area contributed by atoms with Gasteiger partial charge in [0, 0.05) is 24.4 Å². The second-order valence-electron chi connectivity index (χ2n) is 4.04. The molecule has 1 N–H and O–H groups in total. The molecule has 19 heavy (non-hydrogen) atoms. The Labute approximate surface area is 122 Å². The third-order valence-corrected chi connectivity index (χ3v) is 3.97. The first-order valence-corrected chi connectivity index (χ1v) is 7.40. The number of nitrogens with one attached hydrogen (secondary N) is 1. The van der Waals surface area contributed by atoms with Crippen LogP contribution in [0.25, 0.3) is 0 Å². The van der Waals surface area contributed by atoms with E-state index < -0.39 is 0 Å². The minimum Gasteiger partial charge on any atom is -0.373 e. The molecule has 0 spiro atoms. The summed E-state index contributed by atoms with van der Waals surface area (Å²) in [4.78, 5) is 10.0. The normalized spacial score (nSPS) is 10.5. The first-order chi connectivity index (χ1) is 9.22. The standard InChI is InChI=1S/C14H16ClN3S/c1-3-6-12-17-13(16-2)9-14(18-12)19-11-8-5-4-7-10(11)15/h4-5,7-9H,3,6H2,1-2H3,(H,16,17,18). The van der Waals surface area contributed by atoms with Crippen LogP contribution in [0.3, 0.4) is 0 Å². The van der Waals surface area contributed by atoms with Crippen LogP contribution < -0.4 is 5.32 Å². The molecule has 0 atom stereocenters. The highest BCUT2D eigenvalue weighted by Gasteiger charge is 2.07. The van der Waals surface area contributed by atoms with Crippen molar-refractivity contribution >= 4 is 29.2 Å². The van der Waals surface area contributed by atoms with Gasteiger partial charge in [-0.05, 0) is 18.6 Å². The molecule has 0 aliphatic carbocycles. The molecule has 2 aromatic rings. The van der Waals surface area contributed by atoms with Gasteiger partial charge in [-0.25, -0.2) is 9.97 Å². The van der Waals surface area contributed by atoms with Crippen molar-refractivity contribution in [3.8, 4) is 0 Å². The van der Waals surface area contributed by atoms with Crippen molar-refractivity contribution in [3.05, 3.63) is 41.2 Å². The maximum Gasteiger partial charge on any atom is 0.132 e. The van der Waals surface area contributed by atoms with E-state index in [-0.39, 0.29) is 0 Å². The molecule has 0 radical (unpaired) electrons. The van der Waals surface area contributed by atoms with Gasteiger partial charge in [0.05, 0.1) is 5.02 Å². The lowest BCUT2D eigenvalue weighted by Crippen LogP contribution is -2.01. The summed E-state index contributed by atoms with van der Waals surface area (Å²) >= 11 is 7.73. The highest BCUT2D eigenvalue weighted by molar-refractivity contribution is 7.99. The maximum absolute atomic E-state index is 6.17. The van der Waals surface area contributed by atoms with Gasteiger partial charge in [-0.1, -0.05) is 42.4 Å². The third kappa shape index (κ3) is 3.85. The van der Waals surface area contributed by atoms with Crippen LogP contribution in [0.4, 0.5) is 5.82 Å². The Kier molecular flexibility index (Phi) is 5.05. The second kappa shape index (κ2) is 6.78. The number of rotatable bonds is 5. The Hall–Kier alpha value is -1.26. The van der Waals surface area contributed by atoms with Gasteiger partial charge in [0.25, 0.3) is 0 Å².